The molecule has 0 unspecified atom stereocenters. The van der Waals surface area contributed by atoms with Crippen molar-refractivity contribution in [2.24, 2.45) is 5.92 Å². The molecule has 2 aromatic heterocycles. The highest BCUT2D eigenvalue weighted by molar-refractivity contribution is 7.21. The lowest BCUT2D eigenvalue weighted by molar-refractivity contribution is 0.0927. The van der Waals surface area contributed by atoms with E-state index in [1.165, 1.54) is 29.7 Å². The first-order chi connectivity index (χ1) is 12.0. The van der Waals surface area contributed by atoms with Gasteiger partial charge >= 0.3 is 0 Å². The molecule has 1 amide bonds. The van der Waals surface area contributed by atoms with Crippen LogP contribution in [0, 0.1) is 12.8 Å². The van der Waals surface area contributed by atoms with E-state index in [2.05, 4.69) is 30.2 Å². The lowest BCUT2D eigenvalue weighted by Crippen LogP contribution is -2.36. The normalized spacial score (nSPS) is 20.9. The van der Waals surface area contributed by atoms with Crippen LogP contribution >= 0.6 is 22.9 Å². The zero-order chi connectivity index (χ0) is 17.6. The molecule has 1 aromatic carbocycles. The first-order valence-corrected chi connectivity index (χ1v) is 10.0. The molecule has 1 saturated carbocycles. The van der Waals surface area contributed by atoms with Crippen molar-refractivity contribution in [2.75, 3.05) is 0 Å². The summed E-state index contributed by atoms with van der Waals surface area (Å²) in [5, 5.41) is 5.60. The van der Waals surface area contributed by atoms with Crippen molar-refractivity contribution in [3.05, 3.63) is 39.9 Å². The number of fused-ring (bicyclic) bond motifs is 3. The van der Waals surface area contributed by atoms with Gasteiger partial charge in [-0.1, -0.05) is 30.2 Å². The Hall–Kier alpha value is -1.65. The predicted molar refractivity (Wildman–Crippen MR) is 106 cm³/mol. The van der Waals surface area contributed by atoms with E-state index < -0.39 is 0 Å². The highest BCUT2D eigenvalue weighted by Gasteiger charge is 2.22. The Morgan fingerprint density at radius 1 is 1.20 bits per heavy atom. The second kappa shape index (κ2) is 6.58. The molecule has 0 radical (unpaired) electrons. The van der Waals surface area contributed by atoms with Gasteiger partial charge in [0, 0.05) is 21.5 Å². The molecule has 1 N–H and O–H groups in total. The van der Waals surface area contributed by atoms with Crippen LogP contribution in [0.1, 0.15) is 47.8 Å². The van der Waals surface area contributed by atoms with Gasteiger partial charge in [-0.3, -0.25) is 4.79 Å². The van der Waals surface area contributed by atoms with Gasteiger partial charge in [0.15, 0.2) is 0 Å². The quantitative estimate of drug-likeness (QED) is 0.584. The van der Waals surface area contributed by atoms with E-state index in [0.717, 1.165) is 39.7 Å². The molecular weight excluding hydrogens is 352 g/mol. The van der Waals surface area contributed by atoms with Crippen molar-refractivity contribution in [2.45, 2.75) is 45.6 Å². The number of halogens is 1. The smallest absolute Gasteiger partial charge is 0.261 e. The highest BCUT2D eigenvalue weighted by atomic mass is 35.5. The molecule has 3 aromatic rings. The van der Waals surface area contributed by atoms with Gasteiger partial charge in [-0.15, -0.1) is 11.3 Å². The minimum atomic E-state index is 0.0117. The number of pyridine rings is 1. The van der Waals surface area contributed by atoms with Crippen LogP contribution in [0.4, 0.5) is 0 Å². The van der Waals surface area contributed by atoms with Gasteiger partial charge in [0.2, 0.25) is 0 Å². The van der Waals surface area contributed by atoms with E-state index in [4.69, 9.17) is 11.6 Å². The van der Waals surface area contributed by atoms with Crippen LogP contribution in [0.3, 0.4) is 0 Å². The summed E-state index contributed by atoms with van der Waals surface area (Å²) in [6.07, 6.45) is 4.53. The molecule has 0 spiro atoms. The molecule has 0 atom stereocenters. The molecule has 2 heterocycles. The van der Waals surface area contributed by atoms with E-state index in [-0.39, 0.29) is 5.91 Å². The molecule has 1 aliphatic carbocycles. The fourth-order valence-electron chi connectivity index (χ4n) is 3.61. The molecule has 1 fully saturated rings. The number of carbonyl (C=O) groups excluding carboxylic acids is 1. The first kappa shape index (κ1) is 16.8. The van der Waals surface area contributed by atoms with Gasteiger partial charge in [-0.05, 0) is 56.7 Å². The van der Waals surface area contributed by atoms with Gasteiger partial charge in [-0.25, -0.2) is 4.98 Å². The van der Waals surface area contributed by atoms with Crippen molar-refractivity contribution in [3.63, 3.8) is 0 Å². The summed E-state index contributed by atoms with van der Waals surface area (Å²) in [6.45, 7) is 4.34. The SMILES string of the molecule is Cc1ccc2nc(Cl)c3cc(C(=O)NC4CCC(C)CC4)sc3c2c1. The standard InChI is InChI=1S/C20H21ClN2OS/c1-11-3-6-13(7-4-11)22-20(24)17-10-15-18(25-17)14-9-12(2)5-8-16(14)23-19(15)21/h5,8-11,13H,3-4,6-7H2,1-2H3,(H,22,24). The molecule has 1 aliphatic rings. The number of nitrogens with one attached hydrogen (secondary N) is 1. The summed E-state index contributed by atoms with van der Waals surface area (Å²) >= 11 is 7.88. The van der Waals surface area contributed by atoms with E-state index in [0.29, 0.717) is 16.1 Å². The molecule has 5 heteroatoms. The van der Waals surface area contributed by atoms with Crippen LogP contribution in [0.15, 0.2) is 24.3 Å². The predicted octanol–water partition coefficient (Wildman–Crippen LogP) is 5.72. The Balaban J connectivity index is 1.68. The zero-order valence-electron chi connectivity index (χ0n) is 14.4. The number of aromatic nitrogens is 1. The minimum Gasteiger partial charge on any atom is -0.349 e. The monoisotopic (exact) mass is 372 g/mol. The number of thiophene rings is 1. The zero-order valence-corrected chi connectivity index (χ0v) is 16.0. The van der Waals surface area contributed by atoms with Crippen molar-refractivity contribution >= 4 is 49.8 Å². The number of nitrogens with zero attached hydrogens (tertiary/aromatic N) is 1. The molecule has 0 saturated heterocycles. The number of benzene rings is 1. The summed E-state index contributed by atoms with van der Waals surface area (Å²) in [4.78, 5) is 17.9. The maximum Gasteiger partial charge on any atom is 0.261 e. The summed E-state index contributed by atoms with van der Waals surface area (Å²) in [5.74, 6) is 0.787. The average molecular weight is 373 g/mol. The summed E-state index contributed by atoms with van der Waals surface area (Å²) in [6, 6.07) is 8.31. The van der Waals surface area contributed by atoms with Crippen molar-refractivity contribution in [1.29, 1.82) is 0 Å². The number of hydrogen-bond acceptors (Lipinski definition) is 3. The maximum atomic E-state index is 12.7. The average Bonchev–Trinajstić information content (AvgIpc) is 3.04. The number of hydrogen-bond donors (Lipinski definition) is 1. The van der Waals surface area contributed by atoms with Gasteiger partial charge in [-0.2, -0.15) is 0 Å². The fraction of sp³-hybridized carbons (Fsp3) is 0.400. The number of amides is 1. The molecule has 0 aliphatic heterocycles. The Bertz CT molecular complexity index is 957. The van der Waals surface area contributed by atoms with Crippen LogP contribution in [-0.4, -0.2) is 16.9 Å². The number of rotatable bonds is 2. The lowest BCUT2D eigenvalue weighted by Gasteiger charge is -2.26. The van der Waals surface area contributed by atoms with Crippen LogP contribution in [0.2, 0.25) is 5.15 Å². The molecule has 4 rings (SSSR count). The van der Waals surface area contributed by atoms with E-state index >= 15 is 0 Å². The van der Waals surface area contributed by atoms with Crippen LogP contribution < -0.4 is 5.32 Å². The molecule has 0 bridgehead atoms. The fourth-order valence-corrected chi connectivity index (χ4v) is 5.00. The van der Waals surface area contributed by atoms with E-state index in [1.807, 2.05) is 18.2 Å². The number of carbonyl (C=O) groups is 1. The van der Waals surface area contributed by atoms with Crippen molar-refractivity contribution in [1.82, 2.24) is 10.3 Å². The van der Waals surface area contributed by atoms with Crippen LogP contribution in [0.25, 0.3) is 21.0 Å². The highest BCUT2D eigenvalue weighted by Crippen LogP contribution is 2.36. The maximum absolute atomic E-state index is 12.7. The third-order valence-electron chi connectivity index (χ3n) is 5.14. The second-order valence-electron chi connectivity index (χ2n) is 7.21. The van der Waals surface area contributed by atoms with Gasteiger partial charge in [0.25, 0.3) is 5.91 Å². The third kappa shape index (κ3) is 3.25. The Morgan fingerprint density at radius 3 is 2.72 bits per heavy atom. The van der Waals surface area contributed by atoms with Gasteiger partial charge in [0.1, 0.15) is 5.15 Å². The summed E-state index contributed by atoms with van der Waals surface area (Å²) in [7, 11) is 0. The van der Waals surface area contributed by atoms with Crippen LogP contribution in [-0.2, 0) is 0 Å². The Morgan fingerprint density at radius 2 is 1.96 bits per heavy atom. The van der Waals surface area contributed by atoms with Gasteiger partial charge < -0.3 is 5.32 Å². The molecule has 3 nitrogen and oxygen atoms in total. The minimum absolute atomic E-state index is 0.0117. The van der Waals surface area contributed by atoms with Crippen LogP contribution in [0.5, 0.6) is 0 Å². The third-order valence-corrected chi connectivity index (χ3v) is 6.60. The number of aryl methyl sites for hydroxylation is 1. The lowest BCUT2D eigenvalue weighted by atomic mass is 9.87. The van der Waals surface area contributed by atoms with Gasteiger partial charge in [0.05, 0.1) is 10.4 Å². The van der Waals surface area contributed by atoms with E-state index in [9.17, 15) is 4.79 Å². The second-order valence-corrected chi connectivity index (χ2v) is 8.62. The summed E-state index contributed by atoms with van der Waals surface area (Å²) < 4.78 is 1.04. The topological polar surface area (TPSA) is 42.0 Å². The summed E-state index contributed by atoms with van der Waals surface area (Å²) in [5.41, 5.74) is 2.05. The van der Waals surface area contributed by atoms with E-state index in [1.54, 1.807) is 0 Å². The largest absolute Gasteiger partial charge is 0.349 e. The molecule has 25 heavy (non-hydrogen) atoms. The molecule has 130 valence electrons. The molecular formula is C20H21ClN2OS. The Kier molecular flexibility index (Phi) is 4.42. The first-order valence-electron chi connectivity index (χ1n) is 8.81. The van der Waals surface area contributed by atoms with Crippen molar-refractivity contribution < 1.29 is 4.79 Å². The van der Waals surface area contributed by atoms with Crippen molar-refractivity contribution in [3.8, 4) is 0 Å². The Labute approximate surface area is 156 Å².